The van der Waals surface area contributed by atoms with Crippen molar-refractivity contribution < 1.29 is 13.2 Å². The third-order valence-corrected chi connectivity index (χ3v) is 4.71. The Bertz CT molecular complexity index is 771. The first kappa shape index (κ1) is 20.4. The molecule has 0 aliphatic rings. The van der Waals surface area contributed by atoms with Crippen LogP contribution in [0.2, 0.25) is 0 Å². The van der Waals surface area contributed by atoms with Crippen molar-refractivity contribution in [1.29, 1.82) is 0 Å². The van der Waals surface area contributed by atoms with Gasteiger partial charge >= 0.3 is 0 Å². The molecule has 142 valence electrons. The molecule has 2 aromatic rings. The maximum Gasteiger partial charge on any atom is 0.282 e. The average molecular weight is 383 g/mol. The van der Waals surface area contributed by atoms with Gasteiger partial charge in [-0.25, -0.2) is 13.5 Å². The van der Waals surface area contributed by atoms with Crippen molar-refractivity contribution in [1.82, 2.24) is 14.7 Å². The molecule has 0 amide bonds. The van der Waals surface area contributed by atoms with Crippen LogP contribution in [0.3, 0.4) is 0 Å². The number of halogens is 3. The molecule has 1 aromatic heterocycles. The lowest BCUT2D eigenvalue weighted by Crippen LogP contribution is -2.32. The van der Waals surface area contributed by atoms with Gasteiger partial charge in [0, 0.05) is 20.1 Å². The van der Waals surface area contributed by atoms with Gasteiger partial charge in [0.2, 0.25) is 5.95 Å². The molecule has 0 aliphatic carbocycles. The van der Waals surface area contributed by atoms with Gasteiger partial charge in [0.1, 0.15) is 10.7 Å². The molecule has 0 spiro atoms. The number of hydrogen-bond acceptors (Lipinski definition) is 2. The predicted molar refractivity (Wildman–Crippen MR) is 101 cm³/mol. The maximum absolute atomic E-state index is 14.4. The third-order valence-electron chi connectivity index (χ3n) is 4.24. The minimum absolute atomic E-state index is 0.0753. The van der Waals surface area contributed by atoms with Crippen LogP contribution < -0.4 is 0 Å². The summed E-state index contributed by atoms with van der Waals surface area (Å²) in [4.78, 5) is 1.86. The Hall–Kier alpha value is -1.89. The van der Waals surface area contributed by atoms with E-state index in [-0.39, 0.29) is 10.6 Å². The summed E-state index contributed by atoms with van der Waals surface area (Å²) in [6.45, 7) is 7.14. The van der Waals surface area contributed by atoms with Gasteiger partial charge in [0.25, 0.3) is 6.43 Å². The zero-order valence-corrected chi connectivity index (χ0v) is 16.3. The Morgan fingerprint density at radius 3 is 2.50 bits per heavy atom. The monoisotopic (exact) mass is 383 g/mol. The minimum atomic E-state index is -2.88. The first-order chi connectivity index (χ1) is 12.3. The van der Waals surface area contributed by atoms with Crippen LogP contribution in [0.5, 0.6) is 0 Å². The molecule has 0 aliphatic heterocycles. The first-order valence-electron chi connectivity index (χ1n) is 8.65. The fourth-order valence-corrected chi connectivity index (χ4v) is 3.35. The molecule has 0 saturated carbocycles. The van der Waals surface area contributed by atoms with E-state index in [1.807, 2.05) is 31.2 Å². The minimum Gasteiger partial charge on any atom is -0.358 e. The van der Waals surface area contributed by atoms with Gasteiger partial charge in [-0.2, -0.15) is 9.49 Å². The lowest BCUT2D eigenvalue weighted by molar-refractivity contribution is 0.145. The number of thiocarbonyl (C=S) groups is 1. The Morgan fingerprint density at radius 1 is 1.27 bits per heavy atom. The van der Waals surface area contributed by atoms with Gasteiger partial charge in [-0.1, -0.05) is 57.3 Å². The van der Waals surface area contributed by atoms with Crippen molar-refractivity contribution in [3.63, 3.8) is 0 Å². The molecule has 0 unspecified atom stereocenters. The van der Waals surface area contributed by atoms with Crippen LogP contribution in [0.4, 0.5) is 13.2 Å². The van der Waals surface area contributed by atoms with E-state index in [1.165, 1.54) is 7.05 Å². The highest BCUT2D eigenvalue weighted by atomic mass is 32.1. The highest BCUT2D eigenvalue weighted by Crippen LogP contribution is 2.27. The van der Waals surface area contributed by atoms with Gasteiger partial charge in [-0.15, -0.1) is 0 Å². The predicted octanol–water partition coefficient (Wildman–Crippen LogP) is 5.21. The molecule has 0 fully saturated rings. The van der Waals surface area contributed by atoms with Gasteiger partial charge < -0.3 is 4.90 Å². The topological polar surface area (TPSA) is 21.1 Å². The number of nitrogens with zero attached hydrogens (tertiary/aromatic N) is 3. The first-order valence-corrected chi connectivity index (χ1v) is 9.06. The Morgan fingerprint density at radius 2 is 1.92 bits per heavy atom. The number of hydrogen-bond donors (Lipinski definition) is 0. The lowest BCUT2D eigenvalue weighted by atomic mass is 9.97. The van der Waals surface area contributed by atoms with E-state index in [2.05, 4.69) is 18.9 Å². The molecule has 2 rings (SSSR count). The molecule has 0 radical (unpaired) electrons. The summed E-state index contributed by atoms with van der Waals surface area (Å²) < 4.78 is 41.9. The Balaban J connectivity index is 2.41. The van der Waals surface area contributed by atoms with Crippen molar-refractivity contribution in [3.8, 4) is 0 Å². The highest BCUT2D eigenvalue weighted by molar-refractivity contribution is 7.80. The van der Waals surface area contributed by atoms with Crippen LogP contribution >= 0.6 is 12.2 Å². The lowest BCUT2D eigenvalue weighted by Gasteiger charge is -2.26. The average Bonchev–Trinajstić information content (AvgIpc) is 2.89. The van der Waals surface area contributed by atoms with Crippen LogP contribution in [-0.4, -0.2) is 26.2 Å². The molecule has 1 aromatic carbocycles. The second-order valence-electron chi connectivity index (χ2n) is 6.56. The van der Waals surface area contributed by atoms with Crippen LogP contribution in [0, 0.1) is 5.95 Å². The van der Waals surface area contributed by atoms with E-state index >= 15 is 0 Å². The Labute approximate surface area is 157 Å². The molecule has 1 heterocycles. The van der Waals surface area contributed by atoms with Crippen molar-refractivity contribution in [2.24, 2.45) is 7.05 Å². The van der Waals surface area contributed by atoms with E-state index in [0.717, 1.165) is 22.2 Å². The maximum atomic E-state index is 14.4. The standard InChI is InChI=1S/C19H24F3N3S/c1-5-10-25(11-13-8-6-7-9-14(13)12(2)3)19(26)15-16(17(20)21)23-24(4)18(15)22/h6-9,12,17H,5,10-11H2,1-4H3. The summed E-state index contributed by atoms with van der Waals surface area (Å²) in [6, 6.07) is 7.94. The Kier molecular flexibility index (Phi) is 6.81. The fraction of sp³-hybridized carbons (Fsp3) is 0.474. The van der Waals surface area contributed by atoms with Crippen molar-refractivity contribution >= 4 is 17.2 Å². The van der Waals surface area contributed by atoms with E-state index < -0.39 is 18.1 Å². The van der Waals surface area contributed by atoms with Gasteiger partial charge in [-0.05, 0) is 23.5 Å². The summed E-state index contributed by atoms with van der Waals surface area (Å²) in [6.07, 6.45) is -2.12. The smallest absolute Gasteiger partial charge is 0.282 e. The molecule has 7 heteroatoms. The SMILES string of the molecule is CCCN(Cc1ccccc1C(C)C)C(=S)c1c(C(F)F)nn(C)c1F. The zero-order chi connectivity index (χ0) is 19.4. The van der Waals surface area contributed by atoms with Gasteiger partial charge in [0.15, 0.2) is 0 Å². The molecule has 0 saturated heterocycles. The number of alkyl halides is 2. The summed E-state index contributed by atoms with van der Waals surface area (Å²) in [5, 5.41) is 3.60. The zero-order valence-electron chi connectivity index (χ0n) is 15.5. The third kappa shape index (κ3) is 4.26. The molecular formula is C19H24F3N3S. The van der Waals surface area contributed by atoms with Crippen LogP contribution in [0.1, 0.15) is 61.9 Å². The van der Waals surface area contributed by atoms with Gasteiger partial charge in [0.05, 0.1) is 5.56 Å². The second-order valence-corrected chi connectivity index (χ2v) is 6.94. The number of rotatable bonds is 7. The second kappa shape index (κ2) is 8.66. The molecule has 0 N–H and O–H groups in total. The quantitative estimate of drug-likeness (QED) is 0.613. The summed E-state index contributed by atoms with van der Waals surface area (Å²) in [5.41, 5.74) is 1.35. The van der Waals surface area contributed by atoms with Crippen LogP contribution in [0.15, 0.2) is 24.3 Å². The van der Waals surface area contributed by atoms with E-state index in [4.69, 9.17) is 12.2 Å². The summed E-state index contributed by atoms with van der Waals surface area (Å²) in [5.74, 6) is -0.515. The summed E-state index contributed by atoms with van der Waals surface area (Å²) >= 11 is 5.42. The summed E-state index contributed by atoms with van der Waals surface area (Å²) in [7, 11) is 1.30. The number of benzene rings is 1. The number of aromatic nitrogens is 2. The largest absolute Gasteiger partial charge is 0.358 e. The van der Waals surface area contributed by atoms with Crippen LogP contribution in [0.25, 0.3) is 0 Å². The molecule has 3 nitrogen and oxygen atoms in total. The van der Waals surface area contributed by atoms with E-state index in [1.54, 1.807) is 4.90 Å². The van der Waals surface area contributed by atoms with Crippen molar-refractivity contribution in [3.05, 3.63) is 52.6 Å². The van der Waals surface area contributed by atoms with Gasteiger partial charge in [-0.3, -0.25) is 0 Å². The highest BCUT2D eigenvalue weighted by Gasteiger charge is 2.28. The molecule has 0 atom stereocenters. The van der Waals surface area contributed by atoms with Crippen molar-refractivity contribution in [2.75, 3.05) is 6.54 Å². The molecule has 26 heavy (non-hydrogen) atoms. The van der Waals surface area contributed by atoms with E-state index in [0.29, 0.717) is 19.0 Å². The molecular weight excluding hydrogens is 359 g/mol. The fourth-order valence-electron chi connectivity index (χ4n) is 3.00. The van der Waals surface area contributed by atoms with Crippen LogP contribution in [-0.2, 0) is 13.6 Å². The number of aryl methyl sites for hydroxylation is 1. The van der Waals surface area contributed by atoms with E-state index in [9.17, 15) is 13.2 Å². The molecule has 0 bridgehead atoms. The normalized spacial score (nSPS) is 11.4. The van der Waals surface area contributed by atoms with Crippen molar-refractivity contribution in [2.45, 2.75) is 46.1 Å².